The minimum atomic E-state index is -0.753. The van der Waals surface area contributed by atoms with Crippen LogP contribution in [-0.2, 0) is 22.5 Å². The number of hydrogen-bond donors (Lipinski definition) is 1. The lowest BCUT2D eigenvalue weighted by Gasteiger charge is -2.34. The molecule has 8 heteroatoms. The number of halogens is 1. The number of ether oxygens (including phenoxy) is 3. The molecule has 226 valence electrons. The molecule has 1 unspecified atom stereocenters. The molecule has 1 saturated heterocycles. The predicted octanol–water partition coefficient (Wildman–Crippen LogP) is 6.54. The van der Waals surface area contributed by atoms with Gasteiger partial charge in [0.1, 0.15) is 17.7 Å². The van der Waals surface area contributed by atoms with Crippen LogP contribution in [0.2, 0.25) is 0 Å². The molecule has 1 N–H and O–H groups in total. The van der Waals surface area contributed by atoms with Crippen LogP contribution < -0.4 is 9.47 Å². The van der Waals surface area contributed by atoms with Gasteiger partial charge in [-0.2, -0.15) is 0 Å². The molecule has 3 atom stereocenters. The van der Waals surface area contributed by atoms with E-state index in [-0.39, 0.29) is 23.4 Å². The first-order valence-electron chi connectivity index (χ1n) is 15.5. The van der Waals surface area contributed by atoms with E-state index in [0.717, 1.165) is 85.2 Å². The normalized spacial score (nSPS) is 22.3. The number of pyridine rings is 1. The van der Waals surface area contributed by atoms with E-state index in [0.29, 0.717) is 30.5 Å². The quantitative estimate of drug-likeness (QED) is 0.305. The van der Waals surface area contributed by atoms with Crippen LogP contribution in [0.4, 0.5) is 4.39 Å². The number of carbonyl (C=O) groups is 1. The number of carboxylic acids is 1. The molecule has 0 radical (unpaired) electrons. The van der Waals surface area contributed by atoms with E-state index in [2.05, 4.69) is 34.1 Å². The number of nitrogens with zero attached hydrogens (tertiary/aromatic N) is 2. The van der Waals surface area contributed by atoms with Crippen molar-refractivity contribution in [1.29, 1.82) is 0 Å². The maximum absolute atomic E-state index is 15.2. The Balaban J connectivity index is 1.20. The van der Waals surface area contributed by atoms with Gasteiger partial charge in [0.15, 0.2) is 0 Å². The molecule has 1 spiro atoms. The summed E-state index contributed by atoms with van der Waals surface area (Å²) >= 11 is 0. The summed E-state index contributed by atoms with van der Waals surface area (Å²) in [5, 5.41) is 9.77. The van der Waals surface area contributed by atoms with Crippen molar-refractivity contribution in [3.8, 4) is 22.8 Å². The van der Waals surface area contributed by atoms with Gasteiger partial charge in [-0.1, -0.05) is 37.3 Å². The summed E-state index contributed by atoms with van der Waals surface area (Å²) in [5.74, 6) is 0.0517. The number of benzene rings is 2. The Morgan fingerprint density at radius 2 is 2.00 bits per heavy atom. The van der Waals surface area contributed by atoms with Gasteiger partial charge in [0.2, 0.25) is 5.88 Å². The van der Waals surface area contributed by atoms with Gasteiger partial charge in [-0.15, -0.1) is 0 Å². The van der Waals surface area contributed by atoms with E-state index in [4.69, 9.17) is 14.2 Å². The summed E-state index contributed by atoms with van der Waals surface area (Å²) in [6, 6.07) is 14.2. The first kappa shape index (κ1) is 28.3. The molecule has 0 amide bonds. The molecule has 3 fully saturated rings. The maximum Gasteiger partial charge on any atom is 0.306 e. The van der Waals surface area contributed by atoms with Crippen LogP contribution in [0.25, 0.3) is 11.1 Å². The summed E-state index contributed by atoms with van der Waals surface area (Å²) < 4.78 is 33.2. The van der Waals surface area contributed by atoms with Gasteiger partial charge in [-0.25, -0.2) is 9.37 Å². The van der Waals surface area contributed by atoms with E-state index in [1.807, 2.05) is 19.1 Å². The second kappa shape index (κ2) is 11.2. The molecule has 2 aliphatic heterocycles. The van der Waals surface area contributed by atoms with Crippen molar-refractivity contribution in [2.45, 2.75) is 69.6 Å². The molecule has 7 rings (SSSR count). The summed E-state index contributed by atoms with van der Waals surface area (Å²) in [7, 11) is 1.54. The van der Waals surface area contributed by atoms with E-state index in [1.54, 1.807) is 6.07 Å². The Bertz CT molecular complexity index is 1530. The number of aryl methyl sites for hydroxylation is 1. The Hall–Kier alpha value is -3.49. The lowest BCUT2D eigenvalue weighted by molar-refractivity contribution is -0.142. The zero-order valence-corrected chi connectivity index (χ0v) is 24.9. The van der Waals surface area contributed by atoms with Crippen molar-refractivity contribution in [2.75, 3.05) is 26.8 Å². The molecule has 3 aromatic rings. The molecular weight excluding hydrogens is 547 g/mol. The fourth-order valence-electron chi connectivity index (χ4n) is 7.09. The van der Waals surface area contributed by atoms with Gasteiger partial charge in [0.05, 0.1) is 31.4 Å². The van der Waals surface area contributed by atoms with E-state index < -0.39 is 11.9 Å². The van der Waals surface area contributed by atoms with Crippen LogP contribution in [-0.4, -0.2) is 53.4 Å². The standard InChI is InChI=1S/C35H39FN2O5/c1-21(34(39)40)33(23-4-5-23)25-6-3-22-8-10-30(43-31(22)16-25)24-7-9-27(28-17-32(41-2)37-18-29(28)36)26(15-24)19-38-13-14-42-35(20-38)11-12-35/h3,6-7,9,15-18,21,23,30,33H,4-5,8,10-14,19-20H2,1-2H3,(H,39,40)/t21-,30?,33-/m0/s1. The zero-order valence-electron chi connectivity index (χ0n) is 24.9. The third kappa shape index (κ3) is 5.75. The van der Waals surface area contributed by atoms with Crippen LogP contribution in [0.15, 0.2) is 48.7 Å². The van der Waals surface area contributed by atoms with Gasteiger partial charge in [0.25, 0.3) is 0 Å². The van der Waals surface area contributed by atoms with Crippen LogP contribution in [0, 0.1) is 17.7 Å². The summed E-state index contributed by atoms with van der Waals surface area (Å²) in [6.07, 6.45) is 7.12. The van der Waals surface area contributed by atoms with Crippen LogP contribution >= 0.6 is 0 Å². The fourth-order valence-corrected chi connectivity index (χ4v) is 7.09. The van der Waals surface area contributed by atoms with Crippen molar-refractivity contribution in [2.24, 2.45) is 11.8 Å². The first-order chi connectivity index (χ1) is 20.8. The van der Waals surface area contributed by atoms with Crippen LogP contribution in [0.5, 0.6) is 11.6 Å². The largest absolute Gasteiger partial charge is 0.485 e. The maximum atomic E-state index is 15.2. The number of carboxylic acid groups (broad SMARTS) is 1. The van der Waals surface area contributed by atoms with Crippen LogP contribution in [0.1, 0.15) is 73.3 Å². The number of morpholine rings is 1. The monoisotopic (exact) mass is 586 g/mol. The number of hydrogen-bond acceptors (Lipinski definition) is 6. The number of fused-ring (bicyclic) bond motifs is 1. The van der Waals surface area contributed by atoms with Gasteiger partial charge in [-0.3, -0.25) is 9.69 Å². The topological polar surface area (TPSA) is 81.1 Å². The molecule has 2 aromatic carbocycles. The van der Waals surface area contributed by atoms with Gasteiger partial charge < -0.3 is 19.3 Å². The molecule has 2 aliphatic carbocycles. The van der Waals surface area contributed by atoms with Crippen LogP contribution in [0.3, 0.4) is 0 Å². The Kier molecular flexibility index (Phi) is 7.38. The highest BCUT2D eigenvalue weighted by Crippen LogP contribution is 2.48. The highest BCUT2D eigenvalue weighted by Gasteiger charge is 2.47. The molecule has 1 aromatic heterocycles. The van der Waals surface area contributed by atoms with E-state index >= 15 is 4.39 Å². The minimum absolute atomic E-state index is 0.00630. The lowest BCUT2D eigenvalue weighted by atomic mass is 9.82. The van der Waals surface area contributed by atoms with Crippen molar-refractivity contribution in [3.63, 3.8) is 0 Å². The minimum Gasteiger partial charge on any atom is -0.485 e. The fraction of sp³-hybridized carbons (Fsp3) is 0.486. The Morgan fingerprint density at radius 3 is 2.74 bits per heavy atom. The van der Waals surface area contributed by atoms with E-state index in [1.165, 1.54) is 13.3 Å². The van der Waals surface area contributed by atoms with Crippen molar-refractivity contribution in [3.05, 3.63) is 76.7 Å². The average Bonchev–Trinajstić information content (AvgIpc) is 3.96. The number of rotatable bonds is 9. The van der Waals surface area contributed by atoms with Gasteiger partial charge in [-0.05, 0) is 84.2 Å². The van der Waals surface area contributed by atoms with Crippen molar-refractivity contribution < 1.29 is 28.5 Å². The lowest BCUT2D eigenvalue weighted by Crippen LogP contribution is -2.43. The third-order valence-corrected chi connectivity index (χ3v) is 9.84. The molecule has 43 heavy (non-hydrogen) atoms. The molecule has 4 aliphatic rings. The smallest absolute Gasteiger partial charge is 0.306 e. The number of methoxy groups -OCH3 is 1. The highest BCUT2D eigenvalue weighted by molar-refractivity contribution is 5.71. The predicted molar refractivity (Wildman–Crippen MR) is 160 cm³/mol. The molecule has 2 saturated carbocycles. The Morgan fingerprint density at radius 1 is 1.16 bits per heavy atom. The molecule has 0 bridgehead atoms. The summed E-state index contributed by atoms with van der Waals surface area (Å²) in [5.41, 5.74) is 5.59. The number of aromatic nitrogens is 1. The second-order valence-electron chi connectivity index (χ2n) is 12.9. The van der Waals surface area contributed by atoms with Gasteiger partial charge >= 0.3 is 5.97 Å². The molecule has 7 nitrogen and oxygen atoms in total. The van der Waals surface area contributed by atoms with Gasteiger partial charge in [0, 0.05) is 31.3 Å². The van der Waals surface area contributed by atoms with Crippen molar-refractivity contribution in [1.82, 2.24) is 9.88 Å². The average molecular weight is 587 g/mol. The third-order valence-electron chi connectivity index (χ3n) is 9.84. The first-order valence-corrected chi connectivity index (χ1v) is 15.5. The Labute approximate surface area is 252 Å². The van der Waals surface area contributed by atoms with E-state index in [9.17, 15) is 9.90 Å². The molecular formula is C35H39FN2O5. The SMILES string of the molecule is COc1cc(-c2ccc(C3CCc4ccc([C@H](C5CC5)[C@H](C)C(=O)O)cc4O3)cc2CN2CCOC3(CC3)C2)c(F)cn1. The summed E-state index contributed by atoms with van der Waals surface area (Å²) in [6.45, 7) is 4.92. The second-order valence-corrected chi connectivity index (χ2v) is 12.9. The summed E-state index contributed by atoms with van der Waals surface area (Å²) in [4.78, 5) is 18.4. The highest BCUT2D eigenvalue weighted by atomic mass is 19.1. The van der Waals surface area contributed by atoms with Crippen molar-refractivity contribution >= 4 is 5.97 Å². The zero-order chi connectivity index (χ0) is 29.7. The number of aliphatic carboxylic acids is 1. The molecule has 3 heterocycles.